The highest BCUT2D eigenvalue weighted by Crippen LogP contribution is 2.57. The van der Waals surface area contributed by atoms with Crippen LogP contribution in [0.4, 0.5) is 0 Å². The zero-order valence-corrected chi connectivity index (χ0v) is 7.56. The van der Waals surface area contributed by atoms with Crippen LogP contribution in [0.15, 0.2) is 0 Å². The fraction of sp³-hybridized carbons (Fsp3) is 1.00. The molecule has 2 fully saturated rings. The molecule has 2 saturated carbocycles. The Kier molecular flexibility index (Phi) is 1.39. The summed E-state index contributed by atoms with van der Waals surface area (Å²) in [6.45, 7) is 4.50. The normalized spacial score (nSPS) is 56.5. The van der Waals surface area contributed by atoms with Crippen molar-refractivity contribution >= 4 is 0 Å². The van der Waals surface area contributed by atoms with E-state index >= 15 is 0 Å². The van der Waals surface area contributed by atoms with E-state index in [0.717, 1.165) is 0 Å². The Morgan fingerprint density at radius 2 is 1.45 bits per heavy atom. The van der Waals surface area contributed by atoms with Crippen molar-refractivity contribution in [1.29, 1.82) is 0 Å². The number of hydrogen-bond donors (Lipinski definition) is 1. The minimum Gasteiger partial charge on any atom is -0.392 e. The van der Waals surface area contributed by atoms with Crippen molar-refractivity contribution < 1.29 is 5.11 Å². The lowest BCUT2D eigenvalue weighted by Gasteiger charge is -2.40. The first kappa shape index (κ1) is 7.60. The molecular weight excluding hydrogens is 136 g/mol. The molecule has 0 radical (unpaired) electrons. The fourth-order valence-corrected chi connectivity index (χ4v) is 3.11. The van der Waals surface area contributed by atoms with Gasteiger partial charge in [-0.15, -0.1) is 0 Å². The maximum atomic E-state index is 10.0. The third kappa shape index (κ3) is 0.868. The second-order valence-electron chi connectivity index (χ2n) is 5.06. The predicted molar refractivity (Wildman–Crippen MR) is 45.3 cm³/mol. The third-order valence-electron chi connectivity index (χ3n) is 4.08. The molecule has 11 heavy (non-hydrogen) atoms. The van der Waals surface area contributed by atoms with Crippen molar-refractivity contribution in [2.24, 2.45) is 10.8 Å². The van der Waals surface area contributed by atoms with E-state index in [1.165, 1.54) is 32.1 Å². The largest absolute Gasteiger partial charge is 0.392 e. The fourth-order valence-electron chi connectivity index (χ4n) is 3.11. The minimum absolute atomic E-state index is 0.0243. The molecule has 0 saturated heterocycles. The van der Waals surface area contributed by atoms with Crippen molar-refractivity contribution in [3.05, 3.63) is 0 Å². The topological polar surface area (TPSA) is 20.2 Å². The zero-order chi connectivity index (χ0) is 8.11. The van der Waals surface area contributed by atoms with Crippen LogP contribution in [0.25, 0.3) is 0 Å². The molecule has 1 N–H and O–H groups in total. The van der Waals surface area contributed by atoms with Crippen molar-refractivity contribution in [1.82, 2.24) is 0 Å². The average Bonchev–Trinajstić information content (AvgIpc) is 2.17. The van der Waals surface area contributed by atoms with E-state index in [0.29, 0.717) is 0 Å². The summed E-state index contributed by atoms with van der Waals surface area (Å²) in [6, 6.07) is 0. The lowest BCUT2D eigenvalue weighted by atomic mass is 9.68. The van der Waals surface area contributed by atoms with Gasteiger partial charge in [-0.05, 0) is 36.5 Å². The monoisotopic (exact) mass is 154 g/mol. The molecule has 0 aromatic rings. The van der Waals surface area contributed by atoms with Gasteiger partial charge in [0.1, 0.15) is 0 Å². The molecular formula is C10H18O. The summed E-state index contributed by atoms with van der Waals surface area (Å²) in [7, 11) is 0. The van der Waals surface area contributed by atoms with E-state index < -0.39 is 0 Å². The summed E-state index contributed by atoms with van der Waals surface area (Å²) >= 11 is 0. The standard InChI is InChI=1S/C10H18O/c1-9-4-3-5-10(2,7-6-9)8(9)11/h8,11H,3-7H2,1-2H3/t9-,10-/m0/s1. The number of aliphatic hydroxyl groups is 1. The summed E-state index contributed by atoms with van der Waals surface area (Å²) in [5, 5.41) is 10.0. The van der Waals surface area contributed by atoms with Gasteiger partial charge < -0.3 is 5.11 Å². The van der Waals surface area contributed by atoms with Gasteiger partial charge in [0.25, 0.3) is 0 Å². The number of hydrogen-bond acceptors (Lipinski definition) is 1. The molecule has 2 bridgehead atoms. The molecule has 0 aromatic heterocycles. The van der Waals surface area contributed by atoms with Crippen LogP contribution < -0.4 is 0 Å². The number of aliphatic hydroxyl groups excluding tert-OH is 1. The molecule has 2 aliphatic rings. The Labute approximate surface area is 68.8 Å². The molecule has 2 aliphatic carbocycles. The quantitative estimate of drug-likeness (QED) is 0.568. The van der Waals surface area contributed by atoms with E-state index in [1.807, 2.05) is 0 Å². The van der Waals surface area contributed by atoms with Crippen LogP contribution in [-0.4, -0.2) is 11.2 Å². The van der Waals surface area contributed by atoms with Crippen LogP contribution in [0.3, 0.4) is 0 Å². The average molecular weight is 154 g/mol. The van der Waals surface area contributed by atoms with Crippen molar-refractivity contribution in [2.45, 2.75) is 52.1 Å². The second-order valence-corrected chi connectivity index (χ2v) is 5.06. The van der Waals surface area contributed by atoms with E-state index in [9.17, 15) is 5.11 Å². The molecule has 1 heteroatoms. The summed E-state index contributed by atoms with van der Waals surface area (Å²) in [4.78, 5) is 0. The van der Waals surface area contributed by atoms with Gasteiger partial charge in [-0.1, -0.05) is 20.3 Å². The SMILES string of the molecule is C[C@]12CCC[C@@](C)(CC1)C2O. The Morgan fingerprint density at radius 3 is 1.82 bits per heavy atom. The summed E-state index contributed by atoms with van der Waals surface area (Å²) in [5.74, 6) is 0. The van der Waals surface area contributed by atoms with E-state index in [4.69, 9.17) is 0 Å². The first-order chi connectivity index (χ1) is 5.07. The molecule has 64 valence electrons. The minimum atomic E-state index is -0.0243. The lowest BCUT2D eigenvalue weighted by molar-refractivity contribution is -0.0422. The smallest absolute Gasteiger partial charge is 0.0647 e. The van der Waals surface area contributed by atoms with Gasteiger partial charge in [0.05, 0.1) is 6.10 Å². The van der Waals surface area contributed by atoms with Crippen LogP contribution in [-0.2, 0) is 0 Å². The Morgan fingerprint density at radius 1 is 1.00 bits per heavy atom. The Balaban J connectivity index is 2.30. The Bertz CT molecular complexity index is 160. The summed E-state index contributed by atoms with van der Waals surface area (Å²) < 4.78 is 0. The number of fused-ring (bicyclic) bond motifs is 2. The highest BCUT2D eigenvalue weighted by Gasteiger charge is 2.53. The number of rotatable bonds is 0. The maximum absolute atomic E-state index is 10.0. The highest BCUT2D eigenvalue weighted by atomic mass is 16.3. The first-order valence-corrected chi connectivity index (χ1v) is 4.75. The molecule has 0 aliphatic heterocycles. The predicted octanol–water partition coefficient (Wildman–Crippen LogP) is 2.34. The van der Waals surface area contributed by atoms with Crippen LogP contribution in [0, 0.1) is 10.8 Å². The van der Waals surface area contributed by atoms with Gasteiger partial charge in [-0.25, -0.2) is 0 Å². The van der Waals surface area contributed by atoms with Gasteiger partial charge in [0, 0.05) is 0 Å². The van der Waals surface area contributed by atoms with Gasteiger partial charge in [-0.2, -0.15) is 0 Å². The van der Waals surface area contributed by atoms with Crippen LogP contribution in [0.2, 0.25) is 0 Å². The van der Waals surface area contributed by atoms with Gasteiger partial charge in [-0.3, -0.25) is 0 Å². The summed E-state index contributed by atoms with van der Waals surface area (Å²) in [6.07, 6.45) is 6.26. The van der Waals surface area contributed by atoms with Gasteiger partial charge in [0.2, 0.25) is 0 Å². The second kappa shape index (κ2) is 2.01. The molecule has 0 spiro atoms. The van der Waals surface area contributed by atoms with Gasteiger partial charge >= 0.3 is 0 Å². The molecule has 0 aromatic carbocycles. The van der Waals surface area contributed by atoms with Crippen molar-refractivity contribution in [3.8, 4) is 0 Å². The van der Waals surface area contributed by atoms with Crippen LogP contribution in [0.1, 0.15) is 46.0 Å². The van der Waals surface area contributed by atoms with Gasteiger partial charge in [0.15, 0.2) is 0 Å². The molecule has 0 heterocycles. The molecule has 0 amide bonds. The zero-order valence-electron chi connectivity index (χ0n) is 7.56. The third-order valence-corrected chi connectivity index (χ3v) is 4.08. The lowest BCUT2D eigenvalue weighted by Crippen LogP contribution is -2.40. The molecule has 2 rings (SSSR count). The van der Waals surface area contributed by atoms with E-state index in [-0.39, 0.29) is 16.9 Å². The Hall–Kier alpha value is -0.0400. The van der Waals surface area contributed by atoms with E-state index in [1.54, 1.807) is 0 Å². The van der Waals surface area contributed by atoms with Crippen molar-refractivity contribution in [2.75, 3.05) is 0 Å². The molecule has 2 atom stereocenters. The molecule has 1 nitrogen and oxygen atoms in total. The summed E-state index contributed by atoms with van der Waals surface area (Å²) in [5.41, 5.74) is 0.542. The first-order valence-electron chi connectivity index (χ1n) is 4.75. The van der Waals surface area contributed by atoms with Crippen molar-refractivity contribution in [3.63, 3.8) is 0 Å². The van der Waals surface area contributed by atoms with Crippen LogP contribution in [0.5, 0.6) is 0 Å². The maximum Gasteiger partial charge on any atom is 0.0647 e. The van der Waals surface area contributed by atoms with E-state index in [2.05, 4.69) is 13.8 Å². The molecule has 0 unspecified atom stereocenters. The van der Waals surface area contributed by atoms with Crippen LogP contribution >= 0.6 is 0 Å². The highest BCUT2D eigenvalue weighted by molar-refractivity contribution is 5.04.